The van der Waals surface area contributed by atoms with E-state index in [1.54, 1.807) is 0 Å². The largest absolute Gasteiger partial charge is 0.293 e. The smallest absolute Gasteiger partial charge is 0.141 e. The molecule has 6 rings (SSSR count). The molecule has 0 amide bonds. The molecule has 0 spiro atoms. The summed E-state index contributed by atoms with van der Waals surface area (Å²) in [4.78, 5) is 7.25. The minimum atomic E-state index is -0.111. The van der Waals surface area contributed by atoms with Crippen LogP contribution in [-0.2, 0) is 5.41 Å². The van der Waals surface area contributed by atoms with Crippen molar-refractivity contribution in [2.45, 2.75) is 19.3 Å². The number of fused-ring (bicyclic) bond motifs is 7. The van der Waals surface area contributed by atoms with Crippen LogP contribution in [0.3, 0.4) is 0 Å². The number of nitrogens with zero attached hydrogens (tertiary/aromatic N) is 2. The van der Waals surface area contributed by atoms with Gasteiger partial charge in [-0.1, -0.05) is 80.6 Å². The molecule has 28 heavy (non-hydrogen) atoms. The van der Waals surface area contributed by atoms with Crippen molar-refractivity contribution in [3.05, 3.63) is 96.2 Å². The minimum absolute atomic E-state index is 0.111. The summed E-state index contributed by atoms with van der Waals surface area (Å²) < 4.78 is 0. The van der Waals surface area contributed by atoms with Crippen LogP contribution in [0.1, 0.15) is 25.0 Å². The molecule has 0 atom stereocenters. The van der Waals surface area contributed by atoms with E-state index in [1.807, 2.05) is 12.3 Å². The van der Waals surface area contributed by atoms with Gasteiger partial charge in [0.05, 0.1) is 11.4 Å². The van der Waals surface area contributed by atoms with Gasteiger partial charge in [-0.15, -0.1) is 0 Å². The topological polar surface area (TPSA) is 16.1 Å². The van der Waals surface area contributed by atoms with E-state index < -0.39 is 0 Å². The van der Waals surface area contributed by atoms with Crippen LogP contribution in [0.4, 0.5) is 17.2 Å². The first-order valence-corrected chi connectivity index (χ1v) is 9.76. The molecule has 2 aliphatic heterocycles. The number of aromatic nitrogens is 1. The third-order valence-corrected chi connectivity index (χ3v) is 6.26. The van der Waals surface area contributed by atoms with E-state index in [1.165, 1.54) is 44.8 Å². The third kappa shape index (κ3) is 1.85. The van der Waals surface area contributed by atoms with Gasteiger partial charge in [0.25, 0.3) is 0 Å². The molecule has 4 aromatic rings. The Bertz CT molecular complexity index is 1250. The highest BCUT2D eigenvalue weighted by Gasteiger charge is 2.40. The van der Waals surface area contributed by atoms with Gasteiger partial charge in [-0.25, -0.2) is 4.98 Å². The van der Waals surface area contributed by atoms with Gasteiger partial charge in [-0.3, -0.25) is 4.90 Å². The number of rotatable bonds is 0. The maximum atomic E-state index is 4.87. The third-order valence-electron chi connectivity index (χ3n) is 6.26. The predicted molar refractivity (Wildman–Crippen MR) is 115 cm³/mol. The molecule has 0 bridgehead atoms. The second-order valence-electron chi connectivity index (χ2n) is 8.10. The van der Waals surface area contributed by atoms with Crippen molar-refractivity contribution < 1.29 is 0 Å². The highest BCUT2D eigenvalue weighted by molar-refractivity contribution is 6.04. The van der Waals surface area contributed by atoms with Gasteiger partial charge in [0, 0.05) is 28.3 Å². The Hall–Kier alpha value is -3.39. The summed E-state index contributed by atoms with van der Waals surface area (Å²) in [6.45, 7) is 4.62. The molecule has 0 fully saturated rings. The second kappa shape index (κ2) is 5.32. The van der Waals surface area contributed by atoms with E-state index in [9.17, 15) is 0 Å². The van der Waals surface area contributed by atoms with Crippen molar-refractivity contribution in [1.29, 1.82) is 0 Å². The zero-order valence-corrected chi connectivity index (χ0v) is 16.0. The molecular formula is C26H20N2. The normalized spacial score (nSPS) is 15.0. The number of pyridine rings is 1. The number of para-hydroxylation sites is 2. The highest BCUT2D eigenvalue weighted by Crippen LogP contribution is 2.58. The molecule has 2 nitrogen and oxygen atoms in total. The zero-order chi connectivity index (χ0) is 18.9. The number of hydrogen-bond donors (Lipinski definition) is 0. The fourth-order valence-corrected chi connectivity index (χ4v) is 4.90. The Balaban J connectivity index is 1.85. The molecule has 3 heterocycles. The van der Waals surface area contributed by atoms with Crippen LogP contribution < -0.4 is 4.90 Å². The van der Waals surface area contributed by atoms with Crippen molar-refractivity contribution >= 4 is 17.2 Å². The molecule has 1 aromatic heterocycles. The van der Waals surface area contributed by atoms with Crippen LogP contribution in [0, 0.1) is 0 Å². The summed E-state index contributed by atoms with van der Waals surface area (Å²) in [6.07, 6.45) is 1.91. The lowest BCUT2D eigenvalue weighted by Crippen LogP contribution is -2.31. The van der Waals surface area contributed by atoms with Gasteiger partial charge in [-0.05, 0) is 28.8 Å². The molecule has 0 N–H and O–H groups in total. The maximum absolute atomic E-state index is 4.87. The van der Waals surface area contributed by atoms with Gasteiger partial charge in [0.1, 0.15) is 5.82 Å². The van der Waals surface area contributed by atoms with Crippen molar-refractivity contribution in [3.63, 3.8) is 0 Å². The maximum Gasteiger partial charge on any atom is 0.141 e. The lowest BCUT2D eigenvalue weighted by Gasteiger charge is -2.41. The van der Waals surface area contributed by atoms with Crippen LogP contribution in [0.25, 0.3) is 22.3 Å². The monoisotopic (exact) mass is 360 g/mol. The molecule has 134 valence electrons. The van der Waals surface area contributed by atoms with Gasteiger partial charge >= 0.3 is 0 Å². The van der Waals surface area contributed by atoms with E-state index in [0.29, 0.717) is 0 Å². The Morgan fingerprint density at radius 2 is 1.29 bits per heavy atom. The average Bonchev–Trinajstić information content (AvgIpc) is 2.86. The van der Waals surface area contributed by atoms with Crippen LogP contribution in [0.15, 0.2) is 85.1 Å². The summed E-state index contributed by atoms with van der Waals surface area (Å²) in [5.41, 5.74) is 10.0. The van der Waals surface area contributed by atoms with Crippen molar-refractivity contribution in [1.82, 2.24) is 4.98 Å². The van der Waals surface area contributed by atoms with Crippen molar-refractivity contribution in [2.75, 3.05) is 4.90 Å². The molecule has 0 unspecified atom stereocenters. The molecule has 0 aliphatic carbocycles. The Morgan fingerprint density at radius 1 is 0.643 bits per heavy atom. The van der Waals surface area contributed by atoms with E-state index >= 15 is 0 Å². The Labute approximate surface area is 165 Å². The first-order chi connectivity index (χ1) is 13.7. The van der Waals surface area contributed by atoms with Gasteiger partial charge in [0.2, 0.25) is 0 Å². The SMILES string of the molecule is CC1(C)c2cccnc2N2c3ccccc3-c3ccccc3-c3cccc1c32. The Kier molecular flexibility index (Phi) is 2.98. The summed E-state index contributed by atoms with van der Waals surface area (Å²) >= 11 is 0. The molecule has 0 radical (unpaired) electrons. The molecule has 0 saturated heterocycles. The van der Waals surface area contributed by atoms with Gasteiger partial charge < -0.3 is 0 Å². The van der Waals surface area contributed by atoms with Crippen molar-refractivity contribution in [3.8, 4) is 22.3 Å². The molecular weight excluding hydrogens is 340 g/mol. The first kappa shape index (κ1) is 15.6. The average molecular weight is 360 g/mol. The summed E-state index contributed by atoms with van der Waals surface area (Å²) in [6, 6.07) is 28.4. The molecule has 0 saturated carbocycles. The van der Waals surface area contributed by atoms with Crippen LogP contribution >= 0.6 is 0 Å². The van der Waals surface area contributed by atoms with Crippen molar-refractivity contribution in [2.24, 2.45) is 0 Å². The second-order valence-corrected chi connectivity index (χ2v) is 8.10. The first-order valence-electron chi connectivity index (χ1n) is 9.76. The van der Waals surface area contributed by atoms with E-state index in [-0.39, 0.29) is 5.41 Å². The lowest BCUT2D eigenvalue weighted by atomic mass is 9.73. The minimum Gasteiger partial charge on any atom is -0.293 e. The summed E-state index contributed by atoms with van der Waals surface area (Å²) in [5, 5.41) is 0. The van der Waals surface area contributed by atoms with Crippen LogP contribution in [-0.4, -0.2) is 4.98 Å². The molecule has 3 aromatic carbocycles. The quantitative estimate of drug-likeness (QED) is 0.300. The standard InChI is InChI=1S/C26H20N2/c1-26(2)21-13-7-12-20-18-10-4-3-9-17(18)19-11-5-6-15-23(19)28(24(20)21)25-22(26)14-8-16-27-25/h3-16H,1-2H3. The fourth-order valence-electron chi connectivity index (χ4n) is 4.90. The highest BCUT2D eigenvalue weighted by atomic mass is 15.2. The molecule has 2 heteroatoms. The Morgan fingerprint density at radius 3 is 2.11 bits per heavy atom. The summed E-state index contributed by atoms with van der Waals surface area (Å²) in [7, 11) is 0. The summed E-state index contributed by atoms with van der Waals surface area (Å²) in [5.74, 6) is 1.03. The number of anilines is 3. The van der Waals surface area contributed by atoms with Crippen LogP contribution in [0.5, 0.6) is 0 Å². The molecule has 2 aliphatic rings. The number of hydrogen-bond acceptors (Lipinski definition) is 2. The van der Waals surface area contributed by atoms with Gasteiger partial charge in [0.15, 0.2) is 0 Å². The van der Waals surface area contributed by atoms with E-state index in [4.69, 9.17) is 4.98 Å². The fraction of sp³-hybridized carbons (Fsp3) is 0.115. The van der Waals surface area contributed by atoms with Gasteiger partial charge in [-0.2, -0.15) is 0 Å². The lowest BCUT2D eigenvalue weighted by molar-refractivity contribution is 0.628. The number of benzene rings is 3. The van der Waals surface area contributed by atoms with E-state index in [2.05, 4.69) is 91.5 Å². The zero-order valence-electron chi connectivity index (χ0n) is 16.0. The van der Waals surface area contributed by atoms with E-state index in [0.717, 1.165) is 5.82 Å². The predicted octanol–water partition coefficient (Wildman–Crippen LogP) is 6.84. The van der Waals surface area contributed by atoms with Crippen LogP contribution in [0.2, 0.25) is 0 Å².